The fourth-order valence-electron chi connectivity index (χ4n) is 6.09. The van der Waals surface area contributed by atoms with Gasteiger partial charge < -0.3 is 64.5 Å². The van der Waals surface area contributed by atoms with E-state index in [4.69, 9.17) is 23.7 Å². The molecule has 0 bridgehead atoms. The third-order valence-corrected chi connectivity index (χ3v) is 8.50. The summed E-state index contributed by atoms with van der Waals surface area (Å²) in [7, 11) is 1.37. The van der Waals surface area contributed by atoms with Crippen molar-refractivity contribution >= 4 is 22.6 Å². The van der Waals surface area contributed by atoms with Crippen molar-refractivity contribution in [3.8, 4) is 22.6 Å². The molecular weight excluding hydrogens is 608 g/mol. The van der Waals surface area contributed by atoms with Gasteiger partial charge in [-0.2, -0.15) is 0 Å². The van der Waals surface area contributed by atoms with Crippen molar-refractivity contribution in [3.63, 3.8) is 0 Å². The Kier molecular flexibility index (Phi) is 9.02. The molecule has 0 saturated carbocycles. The van der Waals surface area contributed by atoms with Crippen LogP contribution in [0, 0.1) is 0 Å². The van der Waals surface area contributed by atoms with E-state index in [-0.39, 0.29) is 17.1 Å². The van der Waals surface area contributed by atoms with Gasteiger partial charge in [0.1, 0.15) is 48.8 Å². The first-order valence-corrected chi connectivity index (χ1v) is 14.5. The van der Waals surface area contributed by atoms with Crippen LogP contribution in [0.2, 0.25) is 0 Å². The van der Waals surface area contributed by atoms with Crippen LogP contribution in [-0.2, 0) is 14.2 Å². The zero-order valence-electron chi connectivity index (χ0n) is 24.4. The maximum Gasteiger partial charge on any atom is 0.229 e. The van der Waals surface area contributed by atoms with Crippen molar-refractivity contribution in [3.05, 3.63) is 65.4 Å². The molecule has 6 rings (SSSR count). The van der Waals surface area contributed by atoms with Gasteiger partial charge in [-0.3, -0.25) is 4.79 Å². The number of hydrogen-bond acceptors (Lipinski definition) is 14. The molecule has 14 nitrogen and oxygen atoms in total. The van der Waals surface area contributed by atoms with E-state index in [1.54, 1.807) is 18.2 Å². The van der Waals surface area contributed by atoms with E-state index in [0.29, 0.717) is 21.9 Å². The third-order valence-electron chi connectivity index (χ3n) is 8.50. The molecule has 1 unspecified atom stereocenters. The first kappa shape index (κ1) is 32.3. The maximum atomic E-state index is 13.3. The minimum absolute atomic E-state index is 0.0333. The van der Waals surface area contributed by atoms with Gasteiger partial charge in [0.05, 0.1) is 20.3 Å². The summed E-state index contributed by atoms with van der Waals surface area (Å²) in [6.45, 7) is -1.48. The fraction of sp³-hybridized carbons (Fsp3) is 0.406. The molecule has 3 aliphatic rings. The molecule has 2 heterocycles. The van der Waals surface area contributed by atoms with E-state index in [1.165, 1.54) is 13.2 Å². The summed E-state index contributed by atoms with van der Waals surface area (Å²) in [6, 6.07) is 14.0. The number of hydrogen-bond donors (Lipinski definition) is 8. The van der Waals surface area contributed by atoms with Crippen LogP contribution in [0.1, 0.15) is 15.9 Å². The smallest absolute Gasteiger partial charge is 0.229 e. The first-order valence-electron chi connectivity index (χ1n) is 14.5. The summed E-state index contributed by atoms with van der Waals surface area (Å²) >= 11 is 0. The van der Waals surface area contributed by atoms with Crippen LogP contribution in [0.4, 0.5) is 0 Å². The number of aliphatic hydroxyl groups is 8. The van der Waals surface area contributed by atoms with Crippen LogP contribution in [-0.4, -0.2) is 128 Å². The van der Waals surface area contributed by atoms with E-state index in [0.717, 1.165) is 5.56 Å². The number of carbonyl (C=O) groups excluding carboxylic acids is 1. The summed E-state index contributed by atoms with van der Waals surface area (Å²) in [5.41, 5.74) is 1.98. The molecule has 0 radical (unpaired) electrons. The molecule has 3 aromatic carbocycles. The van der Waals surface area contributed by atoms with Gasteiger partial charge in [-0.05, 0) is 34.9 Å². The van der Waals surface area contributed by atoms with Crippen molar-refractivity contribution < 1.29 is 69.3 Å². The number of allylic oxidation sites excluding steroid dienone is 1. The summed E-state index contributed by atoms with van der Waals surface area (Å²) in [5, 5.41) is 83.7. The van der Waals surface area contributed by atoms with Crippen LogP contribution in [0.5, 0.6) is 11.5 Å². The molecule has 1 aliphatic carbocycles. The summed E-state index contributed by atoms with van der Waals surface area (Å²) in [6.07, 6.45) is -15.0. The van der Waals surface area contributed by atoms with E-state index in [1.807, 2.05) is 30.3 Å². The van der Waals surface area contributed by atoms with Crippen LogP contribution >= 0.6 is 0 Å². The maximum absolute atomic E-state index is 13.3. The van der Waals surface area contributed by atoms with Gasteiger partial charge in [-0.15, -0.1) is 0 Å². The highest BCUT2D eigenvalue weighted by atomic mass is 16.7. The molecule has 46 heavy (non-hydrogen) atoms. The number of benzene rings is 3. The quantitative estimate of drug-likeness (QED) is 0.157. The van der Waals surface area contributed by atoms with Crippen LogP contribution in [0.25, 0.3) is 28.0 Å². The molecule has 2 aliphatic heterocycles. The Balaban J connectivity index is 1.34. The lowest BCUT2D eigenvalue weighted by Crippen LogP contribution is -2.65. The van der Waals surface area contributed by atoms with Crippen molar-refractivity contribution in [1.29, 1.82) is 0 Å². The Hall–Kier alpha value is -3.67. The van der Waals surface area contributed by atoms with Crippen molar-refractivity contribution in [2.75, 3.05) is 20.3 Å². The van der Waals surface area contributed by atoms with E-state index >= 15 is 0 Å². The summed E-state index contributed by atoms with van der Waals surface area (Å²) in [4.78, 5) is 13.3. The topological polar surface area (TPSA) is 225 Å². The van der Waals surface area contributed by atoms with Gasteiger partial charge in [0.15, 0.2) is 23.5 Å². The monoisotopic (exact) mass is 642 g/mol. The number of carbonyl (C=O) groups is 1. The van der Waals surface area contributed by atoms with Crippen molar-refractivity contribution in [2.24, 2.45) is 0 Å². The second-order valence-corrected chi connectivity index (χ2v) is 11.3. The second-order valence-electron chi connectivity index (χ2n) is 11.3. The van der Waals surface area contributed by atoms with Crippen molar-refractivity contribution in [2.45, 2.75) is 61.4 Å². The number of rotatable bonds is 8. The Labute approximate surface area is 261 Å². The molecule has 2 fully saturated rings. The second kappa shape index (κ2) is 12.8. The Morgan fingerprint density at radius 1 is 0.804 bits per heavy atom. The van der Waals surface area contributed by atoms with Crippen molar-refractivity contribution in [1.82, 2.24) is 0 Å². The lowest BCUT2D eigenvalue weighted by atomic mass is 9.85. The van der Waals surface area contributed by atoms with Gasteiger partial charge in [-0.25, -0.2) is 0 Å². The molecule has 0 aromatic heterocycles. The molecule has 0 spiro atoms. The van der Waals surface area contributed by atoms with E-state index in [2.05, 4.69) is 0 Å². The molecule has 2 saturated heterocycles. The molecule has 10 atom stereocenters. The Morgan fingerprint density at radius 3 is 2.15 bits per heavy atom. The lowest BCUT2D eigenvalue weighted by molar-refractivity contribution is -0.352. The molecule has 0 amide bonds. The van der Waals surface area contributed by atoms with Crippen LogP contribution in [0.3, 0.4) is 0 Å². The fourth-order valence-corrected chi connectivity index (χ4v) is 6.09. The van der Waals surface area contributed by atoms with E-state index in [9.17, 15) is 45.6 Å². The highest BCUT2D eigenvalue weighted by Gasteiger charge is 2.51. The van der Waals surface area contributed by atoms with Gasteiger partial charge in [-0.1, -0.05) is 36.4 Å². The highest BCUT2D eigenvalue weighted by molar-refractivity contribution is 6.25. The number of Topliss-reactive ketones (excluding diaryl/α,β-unsaturated/α-hetero) is 1. The number of ether oxygens (including phenoxy) is 5. The van der Waals surface area contributed by atoms with Crippen LogP contribution in [0.15, 0.2) is 54.3 Å². The summed E-state index contributed by atoms with van der Waals surface area (Å²) < 4.78 is 28.5. The average molecular weight is 643 g/mol. The normalized spacial score (nSPS) is 32.7. The average Bonchev–Trinajstić information content (AvgIpc) is 3.07. The Bertz CT molecular complexity index is 1620. The molecule has 14 heteroatoms. The molecule has 8 N–H and O–H groups in total. The van der Waals surface area contributed by atoms with Gasteiger partial charge in [0.25, 0.3) is 0 Å². The van der Waals surface area contributed by atoms with Gasteiger partial charge in [0.2, 0.25) is 12.1 Å². The number of ketones is 1. The first-order chi connectivity index (χ1) is 22.1. The van der Waals surface area contributed by atoms with Gasteiger partial charge in [0, 0.05) is 16.3 Å². The predicted molar refractivity (Wildman–Crippen MR) is 158 cm³/mol. The lowest BCUT2D eigenvalue weighted by Gasteiger charge is -2.45. The molecule has 246 valence electrons. The third kappa shape index (κ3) is 5.42. The zero-order valence-corrected chi connectivity index (χ0v) is 24.4. The van der Waals surface area contributed by atoms with E-state index < -0.39 is 86.2 Å². The van der Waals surface area contributed by atoms with Gasteiger partial charge >= 0.3 is 0 Å². The summed E-state index contributed by atoms with van der Waals surface area (Å²) in [5.74, 6) is -0.889. The van der Waals surface area contributed by atoms with Crippen LogP contribution < -0.4 is 9.47 Å². The largest absolute Gasteiger partial charge is 0.504 e. The molecule has 3 aromatic rings. The minimum Gasteiger partial charge on any atom is -0.504 e. The standard InChI is InChI=1S/C32H34O14/c1-42-18-10-14-9-17(35)23(36)22-15(13-5-3-2-4-6-13)7-8-16(21(14)22)29(18)45-32-28(41)26(39)30(20(12-34)44-32)46-31-27(40)25(38)24(37)19(11-33)43-31/h2-10,19-20,24-28,30-35,37-41H,11-12H2,1H3/t19-,20-,24-,25+,26-,27-,28-,30-,31+,32?/m1/s1. The highest BCUT2D eigenvalue weighted by Crippen LogP contribution is 2.46. The zero-order chi connectivity index (χ0) is 32.9. The molecular formula is C32H34O14. The number of methoxy groups -OCH3 is 1. The SMILES string of the molecule is COc1cc2c3c(c(-c4ccccc4)ccc3c1OC1O[C@H](CO)[C@@H](O[C@@H]3O[C@H](CO)[C@@H](O)[C@H](O)[C@H]3O)[C@H](O)[C@H]1O)C(=O)C(O)=C2. The minimum atomic E-state index is -1.82. The predicted octanol–water partition coefficient (Wildman–Crippen LogP) is -0.387. The Morgan fingerprint density at radius 2 is 1.48 bits per heavy atom. The number of aliphatic hydroxyl groups excluding tert-OH is 8.